The number of anilines is 2. The Hall–Kier alpha value is -4.22. The molecule has 12 heteroatoms. The molecule has 0 spiro atoms. The number of para-hydroxylation sites is 1. The summed E-state index contributed by atoms with van der Waals surface area (Å²) in [5.74, 6) is 7.56. The third-order valence-corrected chi connectivity index (χ3v) is 6.39. The van der Waals surface area contributed by atoms with Crippen molar-refractivity contribution >= 4 is 47.1 Å². The van der Waals surface area contributed by atoms with E-state index in [1.807, 2.05) is 55.5 Å². The lowest BCUT2D eigenvalue weighted by Gasteiger charge is -2.10. The quantitative estimate of drug-likeness (QED) is 0.0991. The predicted molar refractivity (Wildman–Crippen MR) is 151 cm³/mol. The SMILES string of the molecule is CCOc1ccc(NC(=O)CSc2nnc(N/N=C/c3ccccc3OCc3ccccc3Cl)n2N)cc1. The minimum atomic E-state index is -0.205. The van der Waals surface area contributed by atoms with Gasteiger partial charge in [-0.25, -0.2) is 10.1 Å². The fraction of sp³-hybridized carbons (Fsp3) is 0.154. The highest BCUT2D eigenvalue weighted by Gasteiger charge is 2.12. The maximum Gasteiger partial charge on any atom is 0.264 e. The largest absolute Gasteiger partial charge is 0.494 e. The zero-order valence-electron chi connectivity index (χ0n) is 20.5. The lowest BCUT2D eigenvalue weighted by Crippen LogP contribution is -2.16. The molecule has 1 aromatic heterocycles. The van der Waals surface area contributed by atoms with Gasteiger partial charge in [-0.05, 0) is 49.4 Å². The van der Waals surface area contributed by atoms with E-state index in [1.54, 1.807) is 30.5 Å². The second kappa shape index (κ2) is 13.4. The van der Waals surface area contributed by atoms with Crippen LogP contribution in [0.4, 0.5) is 11.6 Å². The summed E-state index contributed by atoms with van der Waals surface area (Å²) in [5.41, 5.74) is 5.06. The minimum Gasteiger partial charge on any atom is -0.494 e. The van der Waals surface area contributed by atoms with E-state index in [2.05, 4.69) is 26.0 Å². The lowest BCUT2D eigenvalue weighted by atomic mass is 10.2. The number of hydrazone groups is 1. The van der Waals surface area contributed by atoms with E-state index in [0.29, 0.717) is 34.8 Å². The van der Waals surface area contributed by atoms with Crippen LogP contribution in [0.2, 0.25) is 5.02 Å². The first-order valence-electron chi connectivity index (χ1n) is 11.6. The molecule has 0 bridgehead atoms. The molecule has 3 aromatic carbocycles. The number of nitrogen functional groups attached to an aromatic ring is 1. The van der Waals surface area contributed by atoms with Crippen LogP contribution in [0.1, 0.15) is 18.1 Å². The molecular formula is C26H26ClN7O3S. The Kier molecular flexibility index (Phi) is 9.43. The number of amides is 1. The average molecular weight is 552 g/mol. The van der Waals surface area contributed by atoms with Gasteiger partial charge in [0.05, 0.1) is 18.6 Å². The van der Waals surface area contributed by atoms with E-state index in [4.69, 9.17) is 26.9 Å². The summed E-state index contributed by atoms with van der Waals surface area (Å²) in [6.07, 6.45) is 1.59. The van der Waals surface area contributed by atoms with Gasteiger partial charge >= 0.3 is 0 Å². The monoisotopic (exact) mass is 551 g/mol. The van der Waals surface area contributed by atoms with Gasteiger partial charge in [-0.15, -0.1) is 10.2 Å². The standard InChI is InChI=1S/C26H26ClN7O3S/c1-2-36-21-13-11-20(12-14-21)30-24(35)17-38-26-33-32-25(34(26)28)31-29-15-18-7-4-6-10-23(18)37-16-19-8-3-5-9-22(19)27/h3-15H,2,16-17,28H2,1H3,(H,30,35)(H,31,32)/b29-15+. The van der Waals surface area contributed by atoms with E-state index < -0.39 is 0 Å². The van der Waals surface area contributed by atoms with Gasteiger partial charge in [-0.2, -0.15) is 5.10 Å². The van der Waals surface area contributed by atoms with Gasteiger partial charge in [0, 0.05) is 21.8 Å². The molecule has 1 amide bonds. The summed E-state index contributed by atoms with van der Waals surface area (Å²) >= 11 is 7.37. The average Bonchev–Trinajstić information content (AvgIpc) is 3.28. The maximum atomic E-state index is 12.3. The van der Waals surface area contributed by atoms with Gasteiger partial charge in [0.2, 0.25) is 11.1 Å². The Morgan fingerprint density at radius 2 is 1.84 bits per heavy atom. The molecule has 4 aromatic rings. The fourth-order valence-electron chi connectivity index (χ4n) is 3.23. The maximum absolute atomic E-state index is 12.3. The van der Waals surface area contributed by atoms with Crippen molar-refractivity contribution in [2.45, 2.75) is 18.7 Å². The Morgan fingerprint density at radius 3 is 2.63 bits per heavy atom. The van der Waals surface area contributed by atoms with E-state index in [1.165, 1.54) is 4.68 Å². The van der Waals surface area contributed by atoms with Crippen LogP contribution in [0.5, 0.6) is 11.5 Å². The molecule has 196 valence electrons. The molecule has 1 heterocycles. The Morgan fingerprint density at radius 1 is 1.08 bits per heavy atom. The van der Waals surface area contributed by atoms with Crippen LogP contribution in [0.15, 0.2) is 83.1 Å². The van der Waals surface area contributed by atoms with Gasteiger partial charge in [0.15, 0.2) is 0 Å². The van der Waals surface area contributed by atoms with E-state index >= 15 is 0 Å². The number of thioether (sulfide) groups is 1. The van der Waals surface area contributed by atoms with Gasteiger partial charge in [0.25, 0.3) is 5.95 Å². The number of carbonyl (C=O) groups excluding carboxylic acids is 1. The summed E-state index contributed by atoms with van der Waals surface area (Å²) in [5, 5.41) is 16.0. The first-order chi connectivity index (χ1) is 18.5. The second-order valence-electron chi connectivity index (χ2n) is 7.76. The van der Waals surface area contributed by atoms with Crippen LogP contribution in [-0.2, 0) is 11.4 Å². The molecule has 4 N–H and O–H groups in total. The van der Waals surface area contributed by atoms with Gasteiger partial charge in [-0.1, -0.05) is 53.7 Å². The molecule has 0 radical (unpaired) electrons. The molecule has 0 aliphatic carbocycles. The van der Waals surface area contributed by atoms with Crippen LogP contribution < -0.4 is 26.1 Å². The van der Waals surface area contributed by atoms with Crippen LogP contribution >= 0.6 is 23.4 Å². The van der Waals surface area contributed by atoms with Crippen LogP contribution in [0.25, 0.3) is 0 Å². The van der Waals surface area contributed by atoms with E-state index in [-0.39, 0.29) is 17.6 Å². The first kappa shape index (κ1) is 26.8. The summed E-state index contributed by atoms with van der Waals surface area (Å²) < 4.78 is 12.6. The minimum absolute atomic E-state index is 0.0992. The number of benzene rings is 3. The van der Waals surface area contributed by atoms with Crippen molar-refractivity contribution < 1.29 is 14.3 Å². The number of aromatic nitrogens is 3. The number of nitrogens with zero attached hydrogens (tertiary/aromatic N) is 4. The van der Waals surface area contributed by atoms with Crippen LogP contribution in [-0.4, -0.2) is 39.4 Å². The van der Waals surface area contributed by atoms with E-state index in [9.17, 15) is 4.79 Å². The van der Waals surface area contributed by atoms with Crippen molar-refractivity contribution in [3.05, 3.63) is 88.9 Å². The number of carbonyl (C=O) groups is 1. The number of hydrogen-bond acceptors (Lipinski definition) is 9. The molecule has 0 saturated heterocycles. The van der Waals surface area contributed by atoms with Crippen molar-refractivity contribution in [2.24, 2.45) is 5.10 Å². The number of ether oxygens (including phenoxy) is 2. The molecule has 0 fully saturated rings. The first-order valence-corrected chi connectivity index (χ1v) is 13.0. The second-order valence-corrected chi connectivity index (χ2v) is 9.11. The molecule has 0 atom stereocenters. The van der Waals surface area contributed by atoms with Crippen molar-refractivity contribution in [1.29, 1.82) is 0 Å². The molecule has 4 rings (SSSR count). The number of hydrogen-bond donors (Lipinski definition) is 3. The highest BCUT2D eigenvalue weighted by atomic mass is 35.5. The van der Waals surface area contributed by atoms with Crippen molar-refractivity contribution in [3.8, 4) is 11.5 Å². The molecule has 0 aliphatic heterocycles. The lowest BCUT2D eigenvalue weighted by molar-refractivity contribution is -0.113. The third-order valence-electron chi connectivity index (χ3n) is 5.07. The molecule has 0 aliphatic rings. The van der Waals surface area contributed by atoms with Gasteiger partial charge < -0.3 is 20.6 Å². The van der Waals surface area contributed by atoms with Crippen molar-refractivity contribution in [1.82, 2.24) is 14.9 Å². The third kappa shape index (κ3) is 7.40. The molecule has 38 heavy (non-hydrogen) atoms. The summed E-state index contributed by atoms with van der Waals surface area (Å²) in [4.78, 5) is 12.3. The number of rotatable bonds is 12. The highest BCUT2D eigenvalue weighted by Crippen LogP contribution is 2.22. The highest BCUT2D eigenvalue weighted by molar-refractivity contribution is 7.99. The molecule has 0 saturated carbocycles. The zero-order valence-corrected chi connectivity index (χ0v) is 22.1. The topological polar surface area (TPSA) is 129 Å². The summed E-state index contributed by atoms with van der Waals surface area (Å²) in [7, 11) is 0. The number of halogens is 1. The normalized spacial score (nSPS) is 10.9. The van der Waals surface area contributed by atoms with Crippen molar-refractivity contribution in [3.63, 3.8) is 0 Å². The van der Waals surface area contributed by atoms with Crippen LogP contribution in [0, 0.1) is 0 Å². The van der Waals surface area contributed by atoms with Gasteiger partial charge in [0.1, 0.15) is 18.1 Å². The number of nitrogens with two attached hydrogens (primary N) is 1. The predicted octanol–water partition coefficient (Wildman–Crippen LogP) is 4.80. The number of nitrogens with one attached hydrogen (secondary N) is 2. The van der Waals surface area contributed by atoms with E-state index in [0.717, 1.165) is 28.6 Å². The Balaban J connectivity index is 1.29. The van der Waals surface area contributed by atoms with Crippen molar-refractivity contribution in [2.75, 3.05) is 28.9 Å². The smallest absolute Gasteiger partial charge is 0.264 e. The molecule has 10 nitrogen and oxygen atoms in total. The molecular weight excluding hydrogens is 526 g/mol. The Labute approximate surface area is 229 Å². The van der Waals surface area contributed by atoms with Crippen LogP contribution in [0.3, 0.4) is 0 Å². The fourth-order valence-corrected chi connectivity index (χ4v) is 4.08. The summed E-state index contributed by atoms with van der Waals surface area (Å²) in [6, 6.07) is 22.1. The summed E-state index contributed by atoms with van der Waals surface area (Å²) in [6.45, 7) is 2.81. The Bertz CT molecular complexity index is 1400. The van der Waals surface area contributed by atoms with Gasteiger partial charge in [-0.3, -0.25) is 4.79 Å². The molecule has 0 unspecified atom stereocenters. The zero-order chi connectivity index (χ0) is 26.7.